The molecular weight excluding hydrogens is 224 g/mol. The average molecular weight is 248 g/mol. The van der Waals surface area contributed by atoms with Crippen molar-refractivity contribution in [2.24, 2.45) is 0 Å². The summed E-state index contributed by atoms with van der Waals surface area (Å²) in [5, 5.41) is 3.32. The Balaban J connectivity index is 2.04. The summed E-state index contributed by atoms with van der Waals surface area (Å²) >= 11 is 0. The van der Waals surface area contributed by atoms with Gasteiger partial charge in [0.25, 0.3) is 0 Å². The minimum atomic E-state index is 0.595. The zero-order valence-corrected chi connectivity index (χ0v) is 11.7. The highest BCUT2D eigenvalue weighted by molar-refractivity contribution is 5.40. The van der Waals surface area contributed by atoms with Crippen LogP contribution in [0.5, 0.6) is 0 Å². The SMILES string of the molecule is CCNCc1cccc(N2CCN(C)C(C)C2)n1. The standard InChI is InChI=1S/C14H24N4/c1-4-15-10-13-6-5-7-14(16-13)18-9-8-17(3)12(2)11-18/h5-7,12,15H,4,8-11H2,1-3H3. The minimum absolute atomic E-state index is 0.595. The van der Waals surface area contributed by atoms with Gasteiger partial charge in [0.1, 0.15) is 5.82 Å². The maximum atomic E-state index is 4.74. The molecule has 1 N–H and O–H groups in total. The van der Waals surface area contributed by atoms with E-state index in [4.69, 9.17) is 4.98 Å². The predicted molar refractivity (Wildman–Crippen MR) is 75.9 cm³/mol. The molecule has 4 heteroatoms. The number of rotatable bonds is 4. The molecule has 1 aromatic rings. The molecular formula is C14H24N4. The van der Waals surface area contributed by atoms with E-state index in [1.54, 1.807) is 0 Å². The molecule has 2 rings (SSSR count). The molecule has 18 heavy (non-hydrogen) atoms. The molecule has 1 atom stereocenters. The van der Waals surface area contributed by atoms with Gasteiger partial charge in [-0.05, 0) is 32.6 Å². The van der Waals surface area contributed by atoms with E-state index in [0.717, 1.165) is 44.2 Å². The molecule has 0 saturated carbocycles. The van der Waals surface area contributed by atoms with E-state index >= 15 is 0 Å². The molecule has 1 aliphatic heterocycles. The number of aromatic nitrogens is 1. The molecule has 1 fully saturated rings. The van der Waals surface area contributed by atoms with Crippen molar-refractivity contribution in [1.29, 1.82) is 0 Å². The molecule has 1 saturated heterocycles. The summed E-state index contributed by atoms with van der Waals surface area (Å²) in [6.07, 6.45) is 0. The van der Waals surface area contributed by atoms with Gasteiger partial charge in [0.2, 0.25) is 0 Å². The molecule has 100 valence electrons. The number of piperazine rings is 1. The van der Waals surface area contributed by atoms with Gasteiger partial charge in [0, 0.05) is 32.2 Å². The van der Waals surface area contributed by atoms with Gasteiger partial charge in [-0.15, -0.1) is 0 Å². The van der Waals surface area contributed by atoms with Crippen LogP contribution in [0.25, 0.3) is 0 Å². The zero-order valence-electron chi connectivity index (χ0n) is 11.7. The predicted octanol–water partition coefficient (Wildman–Crippen LogP) is 1.33. The summed E-state index contributed by atoms with van der Waals surface area (Å²) in [6, 6.07) is 6.91. The quantitative estimate of drug-likeness (QED) is 0.871. The van der Waals surface area contributed by atoms with E-state index in [-0.39, 0.29) is 0 Å². The maximum Gasteiger partial charge on any atom is 0.128 e. The first-order chi connectivity index (χ1) is 8.70. The van der Waals surface area contributed by atoms with Gasteiger partial charge in [0.15, 0.2) is 0 Å². The number of anilines is 1. The Morgan fingerprint density at radius 3 is 2.94 bits per heavy atom. The molecule has 2 heterocycles. The Morgan fingerprint density at radius 2 is 2.22 bits per heavy atom. The van der Waals surface area contributed by atoms with Gasteiger partial charge in [-0.2, -0.15) is 0 Å². The highest BCUT2D eigenvalue weighted by Gasteiger charge is 2.21. The van der Waals surface area contributed by atoms with Crippen LogP contribution in [0.3, 0.4) is 0 Å². The van der Waals surface area contributed by atoms with Crippen molar-refractivity contribution in [3.63, 3.8) is 0 Å². The lowest BCUT2D eigenvalue weighted by atomic mass is 10.2. The van der Waals surface area contributed by atoms with Crippen molar-refractivity contribution in [3.05, 3.63) is 23.9 Å². The Kier molecular flexibility index (Phi) is 4.55. The third-order valence-corrected chi connectivity index (χ3v) is 3.63. The molecule has 1 unspecified atom stereocenters. The van der Waals surface area contributed by atoms with Crippen LogP contribution >= 0.6 is 0 Å². The molecule has 1 aromatic heterocycles. The minimum Gasteiger partial charge on any atom is -0.354 e. The molecule has 0 aliphatic carbocycles. The Morgan fingerprint density at radius 1 is 1.39 bits per heavy atom. The first kappa shape index (κ1) is 13.3. The molecule has 0 bridgehead atoms. The van der Waals surface area contributed by atoms with Crippen LogP contribution in [0.15, 0.2) is 18.2 Å². The van der Waals surface area contributed by atoms with Crippen LogP contribution in [0, 0.1) is 0 Å². The van der Waals surface area contributed by atoms with E-state index in [1.165, 1.54) is 0 Å². The number of nitrogens with one attached hydrogen (secondary N) is 1. The first-order valence-electron chi connectivity index (χ1n) is 6.82. The molecule has 4 nitrogen and oxygen atoms in total. The third-order valence-electron chi connectivity index (χ3n) is 3.63. The largest absolute Gasteiger partial charge is 0.354 e. The molecule has 0 radical (unpaired) electrons. The molecule has 1 aliphatic rings. The molecule has 0 spiro atoms. The fourth-order valence-electron chi connectivity index (χ4n) is 2.25. The van der Waals surface area contributed by atoms with Crippen LogP contribution < -0.4 is 10.2 Å². The fourth-order valence-corrected chi connectivity index (χ4v) is 2.25. The smallest absolute Gasteiger partial charge is 0.128 e. The Bertz CT molecular complexity index is 380. The number of likely N-dealkylation sites (N-methyl/N-ethyl adjacent to an activating group) is 1. The number of hydrogen-bond acceptors (Lipinski definition) is 4. The van der Waals surface area contributed by atoms with Gasteiger partial charge in [0.05, 0.1) is 5.69 Å². The van der Waals surface area contributed by atoms with Crippen molar-refractivity contribution in [3.8, 4) is 0 Å². The van der Waals surface area contributed by atoms with Crippen molar-refractivity contribution in [2.75, 3.05) is 38.1 Å². The second kappa shape index (κ2) is 6.16. The van der Waals surface area contributed by atoms with Crippen molar-refractivity contribution < 1.29 is 0 Å². The number of hydrogen-bond donors (Lipinski definition) is 1. The highest BCUT2D eigenvalue weighted by Crippen LogP contribution is 2.16. The highest BCUT2D eigenvalue weighted by atomic mass is 15.3. The fraction of sp³-hybridized carbons (Fsp3) is 0.643. The monoisotopic (exact) mass is 248 g/mol. The van der Waals surface area contributed by atoms with Gasteiger partial charge in [-0.1, -0.05) is 13.0 Å². The molecule has 0 aromatic carbocycles. The summed E-state index contributed by atoms with van der Waals surface area (Å²) in [5.41, 5.74) is 1.13. The topological polar surface area (TPSA) is 31.4 Å². The normalized spacial score (nSPS) is 21.3. The van der Waals surface area contributed by atoms with Crippen LogP contribution in [0.2, 0.25) is 0 Å². The van der Waals surface area contributed by atoms with Gasteiger partial charge < -0.3 is 15.1 Å². The van der Waals surface area contributed by atoms with Crippen LogP contribution in [-0.2, 0) is 6.54 Å². The van der Waals surface area contributed by atoms with Gasteiger partial charge in [-0.25, -0.2) is 4.98 Å². The van der Waals surface area contributed by atoms with E-state index in [1.807, 2.05) is 0 Å². The van der Waals surface area contributed by atoms with Crippen LogP contribution in [-0.4, -0.2) is 49.2 Å². The van der Waals surface area contributed by atoms with E-state index in [2.05, 4.69) is 54.2 Å². The van der Waals surface area contributed by atoms with E-state index < -0.39 is 0 Å². The van der Waals surface area contributed by atoms with E-state index in [0.29, 0.717) is 6.04 Å². The third kappa shape index (κ3) is 3.21. The second-order valence-electron chi connectivity index (χ2n) is 5.04. The average Bonchev–Trinajstić information content (AvgIpc) is 2.40. The summed E-state index contributed by atoms with van der Waals surface area (Å²) in [6.45, 7) is 9.47. The zero-order chi connectivity index (χ0) is 13.0. The van der Waals surface area contributed by atoms with Crippen LogP contribution in [0.1, 0.15) is 19.5 Å². The first-order valence-corrected chi connectivity index (χ1v) is 6.82. The lowest BCUT2D eigenvalue weighted by molar-refractivity contribution is 0.233. The lowest BCUT2D eigenvalue weighted by Gasteiger charge is -2.38. The van der Waals surface area contributed by atoms with Gasteiger partial charge in [-0.3, -0.25) is 0 Å². The Labute approximate surface area is 110 Å². The second-order valence-corrected chi connectivity index (χ2v) is 5.04. The van der Waals surface area contributed by atoms with Gasteiger partial charge >= 0.3 is 0 Å². The number of pyridine rings is 1. The van der Waals surface area contributed by atoms with Crippen molar-refractivity contribution in [2.45, 2.75) is 26.4 Å². The van der Waals surface area contributed by atoms with Crippen molar-refractivity contribution >= 4 is 5.82 Å². The maximum absolute atomic E-state index is 4.74. The number of nitrogens with zero attached hydrogens (tertiary/aromatic N) is 3. The Hall–Kier alpha value is -1.13. The summed E-state index contributed by atoms with van der Waals surface area (Å²) in [7, 11) is 2.19. The summed E-state index contributed by atoms with van der Waals surface area (Å²) in [5.74, 6) is 1.12. The van der Waals surface area contributed by atoms with Crippen molar-refractivity contribution in [1.82, 2.24) is 15.2 Å². The molecule has 0 amide bonds. The summed E-state index contributed by atoms with van der Waals surface area (Å²) < 4.78 is 0. The lowest BCUT2D eigenvalue weighted by Crippen LogP contribution is -2.50. The summed E-state index contributed by atoms with van der Waals surface area (Å²) in [4.78, 5) is 9.53. The van der Waals surface area contributed by atoms with E-state index in [9.17, 15) is 0 Å². The van der Waals surface area contributed by atoms with Crippen LogP contribution in [0.4, 0.5) is 5.82 Å².